The first-order valence-electron chi connectivity index (χ1n) is 7.85. The molecule has 1 heterocycles. The Hall–Kier alpha value is -2.34. The van der Waals surface area contributed by atoms with Crippen LogP contribution >= 0.6 is 0 Å². The minimum Gasteiger partial charge on any atom is -0.396 e. The number of urea groups is 1. The third-order valence-corrected chi connectivity index (χ3v) is 3.71. The van der Waals surface area contributed by atoms with E-state index in [4.69, 9.17) is 5.11 Å². The van der Waals surface area contributed by atoms with Crippen molar-refractivity contribution in [1.29, 1.82) is 0 Å². The predicted octanol–water partition coefficient (Wildman–Crippen LogP) is 2.77. The van der Waals surface area contributed by atoms with Crippen molar-refractivity contribution in [3.8, 4) is 5.69 Å². The van der Waals surface area contributed by atoms with Crippen molar-refractivity contribution in [3.05, 3.63) is 41.6 Å². The highest BCUT2D eigenvalue weighted by Gasteiger charge is 2.12. The van der Waals surface area contributed by atoms with E-state index in [0.717, 1.165) is 17.8 Å². The monoisotopic (exact) mass is 316 g/mol. The first-order chi connectivity index (χ1) is 11.0. The third kappa shape index (κ3) is 4.56. The number of rotatable bonds is 6. The Morgan fingerprint density at radius 3 is 2.61 bits per heavy atom. The molecule has 0 aliphatic heterocycles. The number of benzene rings is 1. The average molecular weight is 316 g/mol. The van der Waals surface area contributed by atoms with E-state index in [0.29, 0.717) is 12.2 Å². The Morgan fingerprint density at radius 1 is 1.30 bits per heavy atom. The number of hydrogen-bond acceptors (Lipinski definition) is 3. The molecular weight excluding hydrogens is 292 g/mol. The molecule has 6 heteroatoms. The quantitative estimate of drug-likeness (QED) is 0.766. The molecule has 1 aromatic heterocycles. The van der Waals surface area contributed by atoms with Crippen molar-refractivity contribution in [2.45, 2.75) is 39.7 Å². The average Bonchev–Trinajstić information content (AvgIpc) is 2.88. The van der Waals surface area contributed by atoms with Gasteiger partial charge in [-0.1, -0.05) is 24.6 Å². The van der Waals surface area contributed by atoms with E-state index in [1.165, 1.54) is 5.56 Å². The molecule has 2 rings (SSSR count). The highest BCUT2D eigenvalue weighted by Crippen LogP contribution is 2.15. The lowest BCUT2D eigenvalue weighted by atomic mass is 10.2. The molecule has 6 nitrogen and oxygen atoms in total. The van der Waals surface area contributed by atoms with Gasteiger partial charge in [-0.15, -0.1) is 5.10 Å². The van der Waals surface area contributed by atoms with Crippen molar-refractivity contribution in [2.24, 2.45) is 0 Å². The molecule has 0 aliphatic carbocycles. The molecule has 3 N–H and O–H groups in total. The van der Waals surface area contributed by atoms with Gasteiger partial charge in [0.15, 0.2) is 5.82 Å². The van der Waals surface area contributed by atoms with Crippen molar-refractivity contribution in [2.75, 3.05) is 11.9 Å². The van der Waals surface area contributed by atoms with Crippen LogP contribution in [0.15, 0.2) is 30.3 Å². The maximum absolute atomic E-state index is 12.0. The number of aromatic nitrogens is 2. The molecule has 0 saturated heterocycles. The van der Waals surface area contributed by atoms with Crippen LogP contribution in [0.5, 0.6) is 0 Å². The van der Waals surface area contributed by atoms with Crippen molar-refractivity contribution in [3.63, 3.8) is 0 Å². The molecule has 2 aromatic rings. The second-order valence-corrected chi connectivity index (χ2v) is 5.63. The molecule has 124 valence electrons. The molecule has 0 spiro atoms. The molecule has 1 aromatic carbocycles. The number of anilines is 1. The second-order valence-electron chi connectivity index (χ2n) is 5.63. The minimum atomic E-state index is -0.307. The van der Waals surface area contributed by atoms with E-state index >= 15 is 0 Å². The lowest BCUT2D eigenvalue weighted by Crippen LogP contribution is -2.38. The van der Waals surface area contributed by atoms with Crippen LogP contribution in [-0.4, -0.2) is 33.6 Å². The van der Waals surface area contributed by atoms with Gasteiger partial charge in [-0.05, 0) is 38.8 Å². The van der Waals surface area contributed by atoms with E-state index in [1.54, 1.807) is 4.68 Å². The van der Waals surface area contributed by atoms with E-state index in [-0.39, 0.29) is 18.7 Å². The number of carbonyl (C=O) groups is 1. The first-order valence-corrected chi connectivity index (χ1v) is 7.85. The molecule has 0 fully saturated rings. The predicted molar refractivity (Wildman–Crippen MR) is 91.0 cm³/mol. The Kier molecular flexibility index (Phi) is 5.76. The minimum absolute atomic E-state index is 0.0414. The van der Waals surface area contributed by atoms with Crippen LogP contribution in [0, 0.1) is 13.8 Å². The Labute approximate surface area is 136 Å². The summed E-state index contributed by atoms with van der Waals surface area (Å²) in [6.45, 7) is 6.00. The lowest BCUT2D eigenvalue weighted by Gasteiger charge is -2.15. The summed E-state index contributed by atoms with van der Waals surface area (Å²) in [5.41, 5.74) is 3.07. The van der Waals surface area contributed by atoms with Gasteiger partial charge in [0.1, 0.15) is 0 Å². The maximum Gasteiger partial charge on any atom is 0.320 e. The number of nitrogens with one attached hydrogen (secondary N) is 2. The van der Waals surface area contributed by atoms with Gasteiger partial charge in [0.25, 0.3) is 0 Å². The van der Waals surface area contributed by atoms with Crippen LogP contribution in [0.2, 0.25) is 0 Å². The zero-order valence-corrected chi connectivity index (χ0v) is 13.8. The number of amides is 2. The summed E-state index contributed by atoms with van der Waals surface area (Å²) < 4.78 is 1.79. The Balaban J connectivity index is 2.06. The van der Waals surface area contributed by atoms with E-state index in [9.17, 15) is 4.79 Å². The van der Waals surface area contributed by atoms with Crippen LogP contribution in [0.4, 0.5) is 10.6 Å². The molecule has 0 bridgehead atoms. The lowest BCUT2D eigenvalue weighted by molar-refractivity contribution is 0.237. The number of aliphatic hydroxyl groups excluding tert-OH is 1. The smallest absolute Gasteiger partial charge is 0.320 e. The van der Waals surface area contributed by atoms with Gasteiger partial charge in [0, 0.05) is 24.4 Å². The van der Waals surface area contributed by atoms with E-state index in [2.05, 4.69) is 15.7 Å². The van der Waals surface area contributed by atoms with Gasteiger partial charge >= 0.3 is 6.03 Å². The maximum atomic E-state index is 12.0. The van der Waals surface area contributed by atoms with Gasteiger partial charge < -0.3 is 10.4 Å². The normalized spacial score (nSPS) is 12.0. The summed E-state index contributed by atoms with van der Waals surface area (Å²) in [6.07, 6.45) is 1.31. The van der Waals surface area contributed by atoms with Gasteiger partial charge in [0.2, 0.25) is 0 Å². The SMILES string of the molecule is CC[C@H](CCO)NC(=O)Nc1cc(C)n(-c2ccc(C)cc2)n1. The van der Waals surface area contributed by atoms with Gasteiger partial charge in [-0.3, -0.25) is 5.32 Å². The highest BCUT2D eigenvalue weighted by atomic mass is 16.3. The fourth-order valence-electron chi connectivity index (χ4n) is 2.35. The van der Waals surface area contributed by atoms with Crippen molar-refractivity contribution >= 4 is 11.8 Å². The zero-order chi connectivity index (χ0) is 16.8. The molecule has 0 unspecified atom stereocenters. The molecule has 0 saturated carbocycles. The standard InChI is InChI=1S/C17H24N4O2/c1-4-14(9-10-22)18-17(23)19-16-11-13(3)21(20-16)15-7-5-12(2)6-8-15/h5-8,11,14,22H,4,9-10H2,1-3H3,(H2,18,19,20,23)/t14-/m1/s1. The van der Waals surface area contributed by atoms with Crippen LogP contribution < -0.4 is 10.6 Å². The summed E-state index contributed by atoms with van der Waals surface area (Å²) >= 11 is 0. The number of aliphatic hydroxyl groups is 1. The molecule has 2 amide bonds. The zero-order valence-electron chi connectivity index (χ0n) is 13.8. The van der Waals surface area contributed by atoms with Gasteiger partial charge in [0.05, 0.1) is 5.69 Å². The molecular formula is C17H24N4O2. The summed E-state index contributed by atoms with van der Waals surface area (Å²) in [4.78, 5) is 12.0. The number of carbonyl (C=O) groups excluding carboxylic acids is 1. The largest absolute Gasteiger partial charge is 0.396 e. The first kappa shape index (κ1) is 17.0. The summed E-state index contributed by atoms with van der Waals surface area (Å²) in [7, 11) is 0. The van der Waals surface area contributed by atoms with Crippen LogP contribution in [0.3, 0.4) is 0 Å². The topological polar surface area (TPSA) is 79.2 Å². The van der Waals surface area contributed by atoms with E-state index in [1.807, 2.05) is 51.1 Å². The molecule has 0 aliphatic rings. The van der Waals surface area contributed by atoms with E-state index < -0.39 is 0 Å². The number of aryl methyl sites for hydroxylation is 2. The number of nitrogens with zero attached hydrogens (tertiary/aromatic N) is 2. The highest BCUT2D eigenvalue weighted by molar-refractivity contribution is 5.88. The van der Waals surface area contributed by atoms with Crippen LogP contribution in [0.25, 0.3) is 5.69 Å². The van der Waals surface area contributed by atoms with Crippen LogP contribution in [-0.2, 0) is 0 Å². The Bertz CT molecular complexity index is 649. The fourth-order valence-corrected chi connectivity index (χ4v) is 2.35. The van der Waals surface area contributed by atoms with Gasteiger partial charge in [-0.2, -0.15) is 0 Å². The summed E-state index contributed by atoms with van der Waals surface area (Å²) in [5, 5.41) is 19.0. The molecule has 23 heavy (non-hydrogen) atoms. The number of hydrogen-bond donors (Lipinski definition) is 3. The van der Waals surface area contributed by atoms with Crippen LogP contribution in [0.1, 0.15) is 31.0 Å². The molecule has 0 radical (unpaired) electrons. The molecule has 1 atom stereocenters. The third-order valence-electron chi connectivity index (χ3n) is 3.71. The van der Waals surface area contributed by atoms with Crippen molar-refractivity contribution in [1.82, 2.24) is 15.1 Å². The fraction of sp³-hybridized carbons (Fsp3) is 0.412. The summed E-state index contributed by atoms with van der Waals surface area (Å²) in [5.74, 6) is 0.499. The second kappa shape index (κ2) is 7.78. The summed E-state index contributed by atoms with van der Waals surface area (Å²) in [6, 6.07) is 9.51. The van der Waals surface area contributed by atoms with Gasteiger partial charge in [-0.25, -0.2) is 9.48 Å². The van der Waals surface area contributed by atoms with Crippen molar-refractivity contribution < 1.29 is 9.90 Å². The Morgan fingerprint density at radius 2 is 2.00 bits per heavy atom.